The maximum atomic E-state index is 5.48. The van der Waals surface area contributed by atoms with Crippen LogP contribution in [0.15, 0.2) is 13.6 Å². The predicted molar refractivity (Wildman–Crippen MR) is 69.6 cm³/mol. The van der Waals surface area contributed by atoms with E-state index in [1.807, 2.05) is 0 Å². The van der Waals surface area contributed by atoms with Crippen LogP contribution in [0.3, 0.4) is 0 Å². The van der Waals surface area contributed by atoms with Gasteiger partial charge in [-0.25, -0.2) is 0 Å². The number of hydrogen-bond donors (Lipinski definition) is 1. The number of halogens is 2. The zero-order valence-corrected chi connectivity index (χ0v) is 11.8. The van der Waals surface area contributed by atoms with E-state index in [2.05, 4.69) is 56.1 Å². The van der Waals surface area contributed by atoms with Crippen LogP contribution in [0.4, 0.5) is 0 Å². The predicted octanol–water partition coefficient (Wildman–Crippen LogP) is 3.95. The quantitative estimate of drug-likeness (QED) is 0.821. The van der Waals surface area contributed by atoms with Gasteiger partial charge in [-0.2, -0.15) is 0 Å². The molecule has 0 aliphatic heterocycles. The Hall–Kier alpha value is 0.180. The van der Waals surface area contributed by atoms with Crippen LogP contribution in [0, 0.1) is 12.3 Å². The maximum absolute atomic E-state index is 5.48. The molecule has 0 bridgehead atoms. The Kier molecular flexibility index (Phi) is 5.18. The second kappa shape index (κ2) is 5.92. The summed E-state index contributed by atoms with van der Waals surface area (Å²) < 4.78 is 2.19. The van der Waals surface area contributed by atoms with E-state index in [4.69, 9.17) is 6.42 Å². The molecule has 0 aromatic carbocycles. The first-order valence-corrected chi connectivity index (χ1v) is 6.73. The number of hydrogen-bond acceptors (Lipinski definition) is 2. The Balaban J connectivity index is 2.79. The van der Waals surface area contributed by atoms with Crippen molar-refractivity contribution in [2.75, 3.05) is 6.54 Å². The van der Waals surface area contributed by atoms with Crippen LogP contribution in [0.5, 0.6) is 0 Å². The Bertz CT molecular complexity index is 340. The summed E-state index contributed by atoms with van der Waals surface area (Å²) in [6.07, 6.45) is 6.56. The molecule has 0 aliphatic carbocycles. The van der Waals surface area contributed by atoms with Crippen LogP contribution in [0.25, 0.3) is 0 Å². The van der Waals surface area contributed by atoms with Crippen LogP contribution < -0.4 is 5.32 Å². The van der Waals surface area contributed by atoms with Gasteiger partial charge in [0.15, 0.2) is 0 Å². The molecule has 0 spiro atoms. The number of thiophene rings is 1. The van der Waals surface area contributed by atoms with E-state index in [0.717, 1.165) is 26.1 Å². The molecule has 1 unspecified atom stereocenters. The largest absolute Gasteiger partial charge is 0.300 e. The third-order valence-corrected chi connectivity index (χ3v) is 4.14. The monoisotopic (exact) mass is 335 g/mol. The van der Waals surface area contributed by atoms with Crippen LogP contribution >= 0.6 is 43.2 Å². The Morgan fingerprint density at radius 2 is 2.36 bits per heavy atom. The molecule has 0 saturated heterocycles. The van der Waals surface area contributed by atoms with Gasteiger partial charge < -0.3 is 0 Å². The van der Waals surface area contributed by atoms with Gasteiger partial charge >= 0.3 is 0 Å². The summed E-state index contributed by atoms with van der Waals surface area (Å²) in [4.78, 5) is 0. The third kappa shape index (κ3) is 3.09. The summed E-state index contributed by atoms with van der Waals surface area (Å²) in [5, 5.41) is 3.31. The molecular formula is C10H11Br2NS. The van der Waals surface area contributed by atoms with Crippen molar-refractivity contribution in [2.45, 2.75) is 19.4 Å². The summed E-state index contributed by atoms with van der Waals surface area (Å²) >= 11 is 8.59. The number of rotatable bonds is 4. The van der Waals surface area contributed by atoms with E-state index in [0.29, 0.717) is 0 Å². The molecule has 1 aromatic heterocycles. The van der Waals surface area contributed by atoms with Gasteiger partial charge in [0.1, 0.15) is 0 Å². The van der Waals surface area contributed by atoms with Crippen molar-refractivity contribution in [3.05, 3.63) is 19.2 Å². The Morgan fingerprint density at radius 1 is 1.64 bits per heavy atom. The fourth-order valence-corrected chi connectivity index (χ4v) is 4.00. The lowest BCUT2D eigenvalue weighted by Crippen LogP contribution is -2.20. The van der Waals surface area contributed by atoms with Crippen molar-refractivity contribution in [3.8, 4) is 12.3 Å². The normalized spacial score (nSPS) is 12.4. The number of terminal acetylenes is 1. The van der Waals surface area contributed by atoms with Gasteiger partial charge in [0.2, 0.25) is 0 Å². The second-order valence-corrected chi connectivity index (χ2v) is 6.58. The molecule has 1 atom stereocenters. The molecule has 1 rings (SSSR count). The highest BCUT2D eigenvalue weighted by Crippen LogP contribution is 2.35. The summed E-state index contributed by atoms with van der Waals surface area (Å²) in [6.45, 7) is 3.06. The molecule has 1 aromatic rings. The molecule has 0 aliphatic rings. The first-order valence-electron chi connectivity index (χ1n) is 4.33. The first-order chi connectivity index (χ1) is 6.69. The van der Waals surface area contributed by atoms with Gasteiger partial charge in [-0.3, -0.25) is 5.32 Å². The van der Waals surface area contributed by atoms with Crippen LogP contribution in [-0.4, -0.2) is 6.54 Å². The highest BCUT2D eigenvalue weighted by Gasteiger charge is 2.13. The highest BCUT2D eigenvalue weighted by atomic mass is 79.9. The molecule has 76 valence electrons. The van der Waals surface area contributed by atoms with Gasteiger partial charge in [0, 0.05) is 5.56 Å². The van der Waals surface area contributed by atoms with Gasteiger partial charge in [-0.15, -0.1) is 17.8 Å². The van der Waals surface area contributed by atoms with E-state index in [1.165, 1.54) is 0 Å². The smallest absolute Gasteiger partial charge is 0.0962 e. The lowest BCUT2D eigenvalue weighted by atomic mass is 10.1. The SMILES string of the molecule is C#CC(NCCC)c1cc(Br)sc1Br. The third-order valence-electron chi connectivity index (χ3n) is 1.76. The van der Waals surface area contributed by atoms with Crippen molar-refractivity contribution in [2.24, 2.45) is 0 Å². The molecule has 4 heteroatoms. The van der Waals surface area contributed by atoms with Crippen molar-refractivity contribution < 1.29 is 0 Å². The van der Waals surface area contributed by atoms with Crippen LogP contribution in [0.1, 0.15) is 24.9 Å². The summed E-state index contributed by atoms with van der Waals surface area (Å²) in [5.41, 5.74) is 1.14. The summed E-state index contributed by atoms with van der Waals surface area (Å²) in [5.74, 6) is 2.75. The minimum Gasteiger partial charge on any atom is -0.300 e. The molecule has 1 heterocycles. The second-order valence-electron chi connectivity index (χ2n) is 2.83. The number of nitrogens with one attached hydrogen (secondary N) is 1. The van der Waals surface area contributed by atoms with E-state index < -0.39 is 0 Å². The van der Waals surface area contributed by atoms with Gasteiger partial charge in [0.25, 0.3) is 0 Å². The molecule has 0 saturated carbocycles. The molecule has 0 fully saturated rings. The topological polar surface area (TPSA) is 12.0 Å². The van der Waals surface area contributed by atoms with E-state index in [9.17, 15) is 0 Å². The first kappa shape index (κ1) is 12.3. The van der Waals surface area contributed by atoms with Crippen LogP contribution in [0.2, 0.25) is 0 Å². The van der Waals surface area contributed by atoms with E-state index in [-0.39, 0.29) is 6.04 Å². The Morgan fingerprint density at radius 3 is 2.79 bits per heavy atom. The molecule has 0 radical (unpaired) electrons. The lowest BCUT2D eigenvalue weighted by Gasteiger charge is -2.11. The van der Waals surface area contributed by atoms with E-state index >= 15 is 0 Å². The fraction of sp³-hybridized carbons (Fsp3) is 0.400. The lowest BCUT2D eigenvalue weighted by molar-refractivity contribution is 0.626. The summed E-state index contributed by atoms with van der Waals surface area (Å²) in [6, 6.07) is 2.06. The standard InChI is InChI=1S/C10H11Br2NS/c1-3-5-13-8(4-2)7-6-9(11)14-10(7)12/h2,6,8,13H,3,5H2,1H3. The van der Waals surface area contributed by atoms with Crippen LogP contribution in [-0.2, 0) is 0 Å². The van der Waals surface area contributed by atoms with Gasteiger partial charge in [0.05, 0.1) is 13.6 Å². The molecule has 1 N–H and O–H groups in total. The average molecular weight is 337 g/mol. The molecule has 14 heavy (non-hydrogen) atoms. The minimum absolute atomic E-state index is 0.00637. The minimum atomic E-state index is 0.00637. The average Bonchev–Trinajstić information content (AvgIpc) is 2.47. The maximum Gasteiger partial charge on any atom is 0.0962 e. The zero-order valence-electron chi connectivity index (χ0n) is 7.81. The van der Waals surface area contributed by atoms with Crippen molar-refractivity contribution in [3.63, 3.8) is 0 Å². The van der Waals surface area contributed by atoms with Crippen molar-refractivity contribution in [1.29, 1.82) is 0 Å². The zero-order chi connectivity index (χ0) is 10.6. The molecule has 1 nitrogen and oxygen atoms in total. The summed E-state index contributed by atoms with van der Waals surface area (Å²) in [7, 11) is 0. The van der Waals surface area contributed by atoms with E-state index in [1.54, 1.807) is 11.3 Å². The van der Waals surface area contributed by atoms with Crippen molar-refractivity contribution >= 4 is 43.2 Å². The van der Waals surface area contributed by atoms with Gasteiger partial charge in [-0.05, 0) is 50.9 Å². The van der Waals surface area contributed by atoms with Crippen molar-refractivity contribution in [1.82, 2.24) is 5.32 Å². The fourth-order valence-electron chi connectivity index (χ4n) is 1.10. The van der Waals surface area contributed by atoms with Gasteiger partial charge in [-0.1, -0.05) is 12.8 Å². The highest BCUT2D eigenvalue weighted by molar-refractivity contribution is 9.12. The molecule has 0 amide bonds. The molecular weight excluding hydrogens is 326 g/mol. The Labute approximate surface area is 106 Å².